The predicted molar refractivity (Wildman–Crippen MR) is 59.0 cm³/mol. The number of hydrogen-bond acceptors (Lipinski definition) is 3. The number of nitrogens with one attached hydrogen (secondary N) is 1. The Kier molecular flexibility index (Phi) is 2.15. The number of hydrogen-bond donors (Lipinski definition) is 1. The van der Waals surface area contributed by atoms with Gasteiger partial charge in [-0.3, -0.25) is 0 Å². The summed E-state index contributed by atoms with van der Waals surface area (Å²) in [6.45, 7) is 1.04. The summed E-state index contributed by atoms with van der Waals surface area (Å²) < 4.78 is 5.68. The number of benzene rings is 1. The number of oxazole rings is 1. The Labute approximate surface area is 92.4 Å². The normalized spacial score (nSPS) is 21.3. The highest BCUT2D eigenvalue weighted by Crippen LogP contribution is 2.29. The first-order chi connectivity index (χ1) is 7.34. The number of para-hydroxylation sites is 1. The van der Waals surface area contributed by atoms with E-state index in [0.717, 1.165) is 24.4 Å². The van der Waals surface area contributed by atoms with E-state index in [-0.39, 0.29) is 6.04 Å². The van der Waals surface area contributed by atoms with Crippen LogP contribution in [0, 0.1) is 0 Å². The van der Waals surface area contributed by atoms with Crippen molar-refractivity contribution in [2.75, 3.05) is 6.54 Å². The van der Waals surface area contributed by atoms with E-state index in [4.69, 9.17) is 16.0 Å². The van der Waals surface area contributed by atoms with Crippen LogP contribution in [-0.4, -0.2) is 11.5 Å². The highest BCUT2D eigenvalue weighted by molar-refractivity contribution is 6.34. The Morgan fingerprint density at radius 3 is 3.13 bits per heavy atom. The minimum atomic E-state index is 0.258. The fourth-order valence-corrected chi connectivity index (χ4v) is 2.19. The van der Waals surface area contributed by atoms with E-state index in [1.165, 1.54) is 6.42 Å². The maximum absolute atomic E-state index is 6.02. The molecule has 3 rings (SSSR count). The summed E-state index contributed by atoms with van der Waals surface area (Å²) in [7, 11) is 0. The molecule has 0 radical (unpaired) electrons. The standard InChI is InChI=1S/C11H11ClN2O/c12-7-3-1-4-8-10(7)15-11(14-8)9-5-2-6-13-9/h1,3-4,9,13H,2,5-6H2/t9-/m0/s1. The van der Waals surface area contributed by atoms with Crippen LogP contribution in [0.5, 0.6) is 0 Å². The topological polar surface area (TPSA) is 38.1 Å². The molecule has 0 spiro atoms. The van der Waals surface area contributed by atoms with Crippen molar-refractivity contribution in [2.24, 2.45) is 0 Å². The Balaban J connectivity index is 2.09. The third-order valence-corrected chi connectivity index (χ3v) is 3.04. The van der Waals surface area contributed by atoms with Crippen LogP contribution in [0.2, 0.25) is 5.02 Å². The summed E-state index contributed by atoms with van der Waals surface area (Å²) >= 11 is 6.02. The average Bonchev–Trinajstić information content (AvgIpc) is 2.86. The third kappa shape index (κ3) is 1.52. The Morgan fingerprint density at radius 2 is 2.40 bits per heavy atom. The second-order valence-electron chi connectivity index (χ2n) is 3.79. The molecule has 78 valence electrons. The van der Waals surface area contributed by atoms with Crippen molar-refractivity contribution in [1.82, 2.24) is 10.3 Å². The number of halogens is 1. The van der Waals surface area contributed by atoms with Gasteiger partial charge in [0, 0.05) is 0 Å². The third-order valence-electron chi connectivity index (χ3n) is 2.74. The number of rotatable bonds is 1. The molecule has 1 fully saturated rings. The monoisotopic (exact) mass is 222 g/mol. The molecule has 1 aliphatic rings. The van der Waals surface area contributed by atoms with Crippen molar-refractivity contribution in [1.29, 1.82) is 0 Å². The zero-order chi connectivity index (χ0) is 10.3. The van der Waals surface area contributed by atoms with E-state index >= 15 is 0 Å². The lowest BCUT2D eigenvalue weighted by Crippen LogP contribution is -2.12. The molecule has 0 unspecified atom stereocenters. The van der Waals surface area contributed by atoms with Crippen LogP contribution >= 0.6 is 11.6 Å². The maximum Gasteiger partial charge on any atom is 0.212 e. The van der Waals surface area contributed by atoms with Gasteiger partial charge in [0.1, 0.15) is 5.52 Å². The summed E-state index contributed by atoms with van der Waals surface area (Å²) in [5.74, 6) is 0.760. The Hall–Kier alpha value is -1.06. The highest BCUT2D eigenvalue weighted by Gasteiger charge is 2.21. The molecule has 2 aromatic rings. The summed E-state index contributed by atoms with van der Waals surface area (Å²) in [5, 5.41) is 3.98. The van der Waals surface area contributed by atoms with Gasteiger partial charge in [-0.15, -0.1) is 0 Å². The summed E-state index contributed by atoms with van der Waals surface area (Å²) in [5.41, 5.74) is 1.54. The van der Waals surface area contributed by atoms with Crippen LogP contribution in [0.15, 0.2) is 22.6 Å². The van der Waals surface area contributed by atoms with Crippen LogP contribution < -0.4 is 5.32 Å². The number of fused-ring (bicyclic) bond motifs is 1. The van der Waals surface area contributed by atoms with Gasteiger partial charge in [0.25, 0.3) is 0 Å². The predicted octanol–water partition coefficient (Wildman–Crippen LogP) is 2.91. The molecule has 0 aliphatic carbocycles. The molecule has 1 atom stereocenters. The molecule has 15 heavy (non-hydrogen) atoms. The fraction of sp³-hybridized carbons (Fsp3) is 0.364. The average molecular weight is 223 g/mol. The van der Waals surface area contributed by atoms with Gasteiger partial charge in [-0.05, 0) is 31.5 Å². The Morgan fingerprint density at radius 1 is 1.47 bits per heavy atom. The lowest BCUT2D eigenvalue weighted by atomic mass is 10.2. The van der Waals surface area contributed by atoms with Gasteiger partial charge in [-0.25, -0.2) is 4.98 Å². The van der Waals surface area contributed by atoms with Crippen LogP contribution in [0.1, 0.15) is 24.8 Å². The van der Waals surface area contributed by atoms with Crippen molar-refractivity contribution in [3.63, 3.8) is 0 Å². The van der Waals surface area contributed by atoms with Gasteiger partial charge in [0.15, 0.2) is 5.58 Å². The second kappa shape index (κ2) is 3.51. The van der Waals surface area contributed by atoms with Gasteiger partial charge >= 0.3 is 0 Å². The lowest BCUT2D eigenvalue weighted by Gasteiger charge is -2.02. The van der Waals surface area contributed by atoms with Crippen molar-refractivity contribution < 1.29 is 4.42 Å². The highest BCUT2D eigenvalue weighted by atomic mass is 35.5. The molecule has 0 saturated carbocycles. The molecule has 0 bridgehead atoms. The van der Waals surface area contributed by atoms with Gasteiger partial charge < -0.3 is 9.73 Å². The van der Waals surface area contributed by atoms with Gasteiger partial charge in [0.2, 0.25) is 5.89 Å². The molecule has 0 amide bonds. The van der Waals surface area contributed by atoms with Crippen molar-refractivity contribution in [3.8, 4) is 0 Å². The molecular formula is C11H11ClN2O. The van der Waals surface area contributed by atoms with Crippen LogP contribution in [0.4, 0.5) is 0 Å². The smallest absolute Gasteiger partial charge is 0.212 e. The fourth-order valence-electron chi connectivity index (χ4n) is 1.98. The van der Waals surface area contributed by atoms with Gasteiger partial charge in [-0.1, -0.05) is 17.7 Å². The van der Waals surface area contributed by atoms with E-state index in [1.54, 1.807) is 0 Å². The molecule has 1 aromatic carbocycles. The molecular weight excluding hydrogens is 212 g/mol. The van der Waals surface area contributed by atoms with E-state index in [0.29, 0.717) is 10.6 Å². The minimum absolute atomic E-state index is 0.258. The van der Waals surface area contributed by atoms with Crippen LogP contribution in [0.3, 0.4) is 0 Å². The van der Waals surface area contributed by atoms with Gasteiger partial charge in [-0.2, -0.15) is 0 Å². The van der Waals surface area contributed by atoms with E-state index in [1.807, 2.05) is 18.2 Å². The second-order valence-corrected chi connectivity index (χ2v) is 4.20. The first kappa shape index (κ1) is 9.19. The lowest BCUT2D eigenvalue weighted by molar-refractivity contribution is 0.452. The van der Waals surface area contributed by atoms with Crippen molar-refractivity contribution in [2.45, 2.75) is 18.9 Å². The van der Waals surface area contributed by atoms with E-state index < -0.39 is 0 Å². The van der Waals surface area contributed by atoms with Crippen molar-refractivity contribution >= 4 is 22.7 Å². The first-order valence-corrected chi connectivity index (χ1v) is 5.51. The molecule has 1 saturated heterocycles. The van der Waals surface area contributed by atoms with Crippen LogP contribution in [-0.2, 0) is 0 Å². The SMILES string of the molecule is Clc1cccc2nc([C@@H]3CCCN3)oc12. The zero-order valence-electron chi connectivity index (χ0n) is 8.16. The zero-order valence-corrected chi connectivity index (χ0v) is 8.92. The number of nitrogens with zero attached hydrogens (tertiary/aromatic N) is 1. The maximum atomic E-state index is 6.02. The summed E-state index contributed by atoms with van der Waals surface area (Å²) in [4.78, 5) is 4.44. The van der Waals surface area contributed by atoms with Crippen molar-refractivity contribution in [3.05, 3.63) is 29.1 Å². The quantitative estimate of drug-likeness (QED) is 0.806. The molecule has 1 N–H and O–H groups in total. The molecule has 3 nitrogen and oxygen atoms in total. The molecule has 2 heterocycles. The minimum Gasteiger partial charge on any atom is -0.437 e. The largest absolute Gasteiger partial charge is 0.437 e. The molecule has 1 aliphatic heterocycles. The molecule has 1 aromatic heterocycles. The summed E-state index contributed by atoms with van der Waals surface area (Å²) in [6.07, 6.45) is 2.27. The summed E-state index contributed by atoms with van der Waals surface area (Å²) in [6, 6.07) is 5.89. The number of aromatic nitrogens is 1. The van der Waals surface area contributed by atoms with E-state index in [9.17, 15) is 0 Å². The first-order valence-electron chi connectivity index (χ1n) is 5.13. The van der Waals surface area contributed by atoms with E-state index in [2.05, 4.69) is 10.3 Å². The molecule has 4 heteroatoms. The van der Waals surface area contributed by atoms with Crippen LogP contribution in [0.25, 0.3) is 11.1 Å². The van der Waals surface area contributed by atoms with Gasteiger partial charge in [0.05, 0.1) is 11.1 Å². The Bertz CT molecular complexity index is 488.